The van der Waals surface area contributed by atoms with E-state index in [0.717, 1.165) is 25.9 Å². The smallest absolute Gasteiger partial charge is 0.238 e. The molecule has 1 fully saturated rings. The van der Waals surface area contributed by atoms with Crippen LogP contribution in [0.15, 0.2) is 24.3 Å². The fraction of sp³-hybridized carbons (Fsp3) is 0.500. The lowest BCUT2D eigenvalue weighted by molar-refractivity contribution is -0.117. The van der Waals surface area contributed by atoms with Crippen LogP contribution in [0.1, 0.15) is 30.1 Å². The van der Waals surface area contributed by atoms with Crippen molar-refractivity contribution < 1.29 is 14.7 Å². The molecule has 0 radical (unpaired) electrons. The second kappa shape index (κ2) is 7.33. The Bertz CT molecular complexity index is 491. The van der Waals surface area contributed by atoms with Gasteiger partial charge in [0.1, 0.15) is 0 Å². The van der Waals surface area contributed by atoms with Crippen molar-refractivity contribution in [1.82, 2.24) is 4.90 Å². The lowest BCUT2D eigenvalue weighted by Crippen LogP contribution is -2.39. The number of piperidine rings is 1. The molecule has 0 spiro atoms. The molecule has 0 atom stereocenters. The third kappa shape index (κ3) is 4.65. The summed E-state index contributed by atoms with van der Waals surface area (Å²) in [5.41, 5.74) is 1.34. The van der Waals surface area contributed by atoms with E-state index in [1.54, 1.807) is 24.3 Å². The number of Topliss-reactive ketones (excluding diaryl/α,β-unsaturated/α-hetero) is 1. The number of carbonyl (C=O) groups is 2. The number of nitrogens with one attached hydrogen (secondary N) is 1. The predicted molar refractivity (Wildman–Crippen MR) is 81.3 cm³/mol. The van der Waals surface area contributed by atoms with E-state index < -0.39 is 0 Å². The summed E-state index contributed by atoms with van der Waals surface area (Å²) in [7, 11) is 0. The number of nitrogens with zero attached hydrogens (tertiary/aromatic N) is 1. The highest BCUT2D eigenvalue weighted by Crippen LogP contribution is 2.16. The first kappa shape index (κ1) is 15.7. The molecule has 21 heavy (non-hydrogen) atoms. The number of aliphatic hydroxyl groups is 1. The number of likely N-dealkylation sites (tertiary alicyclic amines) is 1. The zero-order chi connectivity index (χ0) is 15.2. The van der Waals surface area contributed by atoms with E-state index in [1.165, 1.54) is 6.92 Å². The molecular formula is C16H22N2O3. The summed E-state index contributed by atoms with van der Waals surface area (Å²) in [5.74, 6) is 0.344. The Morgan fingerprint density at radius 2 is 1.86 bits per heavy atom. The van der Waals surface area contributed by atoms with Crippen molar-refractivity contribution in [3.05, 3.63) is 29.8 Å². The first-order chi connectivity index (χ1) is 10.1. The Hall–Kier alpha value is -1.72. The molecule has 5 heteroatoms. The molecular weight excluding hydrogens is 268 g/mol. The first-order valence-electron chi connectivity index (χ1n) is 7.32. The Kier molecular flexibility index (Phi) is 5.47. The van der Waals surface area contributed by atoms with Gasteiger partial charge in [0.25, 0.3) is 0 Å². The minimum atomic E-state index is -0.0481. The van der Waals surface area contributed by atoms with Crippen molar-refractivity contribution in [2.24, 2.45) is 5.92 Å². The van der Waals surface area contributed by atoms with Crippen LogP contribution in [-0.2, 0) is 4.79 Å². The summed E-state index contributed by atoms with van der Waals surface area (Å²) < 4.78 is 0. The van der Waals surface area contributed by atoms with Crippen LogP contribution in [0.25, 0.3) is 0 Å². The Morgan fingerprint density at radius 3 is 2.38 bits per heavy atom. The lowest BCUT2D eigenvalue weighted by Gasteiger charge is -2.30. The van der Waals surface area contributed by atoms with Gasteiger partial charge in [0.2, 0.25) is 5.91 Å². The SMILES string of the molecule is CC(=O)c1ccc(NC(=O)CN2CCC(CO)CC2)cc1. The van der Waals surface area contributed by atoms with Gasteiger partial charge in [0, 0.05) is 17.9 Å². The molecule has 2 N–H and O–H groups in total. The number of aliphatic hydroxyl groups excluding tert-OH is 1. The average molecular weight is 290 g/mol. The predicted octanol–water partition coefficient (Wildman–Crippen LogP) is 1.53. The summed E-state index contributed by atoms with van der Waals surface area (Å²) in [6.07, 6.45) is 1.88. The summed E-state index contributed by atoms with van der Waals surface area (Å²) in [6, 6.07) is 6.91. The average Bonchev–Trinajstić information content (AvgIpc) is 2.48. The van der Waals surface area contributed by atoms with Gasteiger partial charge in [-0.25, -0.2) is 0 Å². The van der Waals surface area contributed by atoms with E-state index in [0.29, 0.717) is 23.7 Å². The van der Waals surface area contributed by atoms with Crippen LogP contribution < -0.4 is 5.32 Å². The van der Waals surface area contributed by atoms with Gasteiger partial charge in [-0.05, 0) is 63.0 Å². The molecule has 0 aliphatic carbocycles. The van der Waals surface area contributed by atoms with Crippen LogP contribution in [0.3, 0.4) is 0 Å². The number of carbonyl (C=O) groups excluding carboxylic acids is 2. The molecule has 0 saturated carbocycles. The first-order valence-corrected chi connectivity index (χ1v) is 7.32. The molecule has 1 aliphatic heterocycles. The minimum Gasteiger partial charge on any atom is -0.396 e. The minimum absolute atomic E-state index is 0.0135. The number of anilines is 1. The number of hydrogen-bond acceptors (Lipinski definition) is 4. The van der Waals surface area contributed by atoms with E-state index in [4.69, 9.17) is 5.11 Å². The zero-order valence-corrected chi connectivity index (χ0v) is 12.3. The summed E-state index contributed by atoms with van der Waals surface area (Å²) in [6.45, 7) is 3.82. The van der Waals surface area contributed by atoms with Crippen LogP contribution in [0.5, 0.6) is 0 Å². The number of ketones is 1. The number of benzene rings is 1. The molecule has 2 rings (SSSR count). The van der Waals surface area contributed by atoms with Crippen molar-refractivity contribution in [2.45, 2.75) is 19.8 Å². The maximum atomic E-state index is 12.0. The number of hydrogen-bond donors (Lipinski definition) is 2. The third-order valence-corrected chi connectivity index (χ3v) is 3.91. The van der Waals surface area contributed by atoms with E-state index in [-0.39, 0.29) is 18.3 Å². The molecule has 0 bridgehead atoms. The maximum absolute atomic E-state index is 12.0. The molecule has 1 aliphatic rings. The topological polar surface area (TPSA) is 69.6 Å². The van der Waals surface area contributed by atoms with Crippen molar-refractivity contribution in [3.63, 3.8) is 0 Å². The van der Waals surface area contributed by atoms with Gasteiger partial charge in [-0.15, -0.1) is 0 Å². The standard InChI is InChI=1S/C16H22N2O3/c1-12(20)14-2-4-15(5-3-14)17-16(21)10-18-8-6-13(11-19)7-9-18/h2-5,13,19H,6-11H2,1H3,(H,17,21). The molecule has 1 saturated heterocycles. The van der Waals surface area contributed by atoms with E-state index >= 15 is 0 Å². The molecule has 114 valence electrons. The molecule has 1 aromatic carbocycles. The molecule has 5 nitrogen and oxygen atoms in total. The quantitative estimate of drug-likeness (QED) is 0.807. The monoisotopic (exact) mass is 290 g/mol. The van der Waals surface area contributed by atoms with Gasteiger partial charge in [-0.2, -0.15) is 0 Å². The van der Waals surface area contributed by atoms with E-state index in [2.05, 4.69) is 10.2 Å². The fourth-order valence-corrected chi connectivity index (χ4v) is 2.52. The number of rotatable bonds is 5. The summed E-state index contributed by atoms with van der Waals surface area (Å²) in [4.78, 5) is 25.3. The molecule has 0 aromatic heterocycles. The van der Waals surface area contributed by atoms with E-state index in [9.17, 15) is 9.59 Å². The number of amides is 1. The Balaban J connectivity index is 1.80. The molecule has 1 amide bonds. The van der Waals surface area contributed by atoms with Gasteiger partial charge in [0.15, 0.2) is 5.78 Å². The van der Waals surface area contributed by atoms with Gasteiger partial charge in [-0.3, -0.25) is 14.5 Å². The maximum Gasteiger partial charge on any atom is 0.238 e. The van der Waals surface area contributed by atoms with Crippen LogP contribution in [-0.4, -0.2) is 47.9 Å². The van der Waals surface area contributed by atoms with Crippen molar-refractivity contribution in [3.8, 4) is 0 Å². The van der Waals surface area contributed by atoms with Gasteiger partial charge >= 0.3 is 0 Å². The van der Waals surface area contributed by atoms with Crippen LogP contribution >= 0.6 is 0 Å². The van der Waals surface area contributed by atoms with Gasteiger partial charge in [-0.1, -0.05) is 0 Å². The largest absolute Gasteiger partial charge is 0.396 e. The zero-order valence-electron chi connectivity index (χ0n) is 12.3. The highest BCUT2D eigenvalue weighted by atomic mass is 16.3. The van der Waals surface area contributed by atoms with Crippen molar-refractivity contribution in [1.29, 1.82) is 0 Å². The molecule has 0 unspecified atom stereocenters. The second-order valence-corrected chi connectivity index (χ2v) is 5.58. The summed E-state index contributed by atoms with van der Waals surface area (Å²) >= 11 is 0. The van der Waals surface area contributed by atoms with Crippen molar-refractivity contribution in [2.75, 3.05) is 31.6 Å². The van der Waals surface area contributed by atoms with Crippen molar-refractivity contribution >= 4 is 17.4 Å². The normalized spacial score (nSPS) is 16.7. The Labute approximate surface area is 125 Å². The fourth-order valence-electron chi connectivity index (χ4n) is 2.52. The van der Waals surface area contributed by atoms with Gasteiger partial charge < -0.3 is 10.4 Å². The lowest BCUT2D eigenvalue weighted by atomic mass is 9.98. The molecule has 1 aromatic rings. The highest BCUT2D eigenvalue weighted by molar-refractivity contribution is 5.96. The van der Waals surface area contributed by atoms with Gasteiger partial charge in [0.05, 0.1) is 6.54 Å². The third-order valence-electron chi connectivity index (χ3n) is 3.91. The molecule has 1 heterocycles. The second-order valence-electron chi connectivity index (χ2n) is 5.58. The Morgan fingerprint density at radius 1 is 1.24 bits per heavy atom. The van der Waals surface area contributed by atoms with Crippen LogP contribution in [0, 0.1) is 5.92 Å². The van der Waals surface area contributed by atoms with E-state index in [1.807, 2.05) is 0 Å². The van der Waals surface area contributed by atoms with Crippen LogP contribution in [0.4, 0.5) is 5.69 Å². The highest BCUT2D eigenvalue weighted by Gasteiger charge is 2.20. The summed E-state index contributed by atoms with van der Waals surface area (Å²) in [5, 5.41) is 11.9. The van der Waals surface area contributed by atoms with Crippen LogP contribution in [0.2, 0.25) is 0 Å².